The molecule has 0 aliphatic carbocycles. The lowest BCUT2D eigenvalue weighted by molar-refractivity contribution is -0.140. The van der Waals surface area contributed by atoms with Crippen molar-refractivity contribution in [3.8, 4) is 11.1 Å². The van der Waals surface area contributed by atoms with Crippen molar-refractivity contribution >= 4 is 31.9 Å². The molecule has 0 heterocycles. The summed E-state index contributed by atoms with van der Waals surface area (Å²) in [4.78, 5) is 11.2. The fraction of sp³-hybridized carbons (Fsp3) is 0.235. The van der Waals surface area contributed by atoms with Crippen molar-refractivity contribution in [2.75, 3.05) is 0 Å². The fourth-order valence-corrected chi connectivity index (χ4v) is 4.65. The predicted molar refractivity (Wildman–Crippen MR) is 96.2 cm³/mol. The minimum absolute atomic E-state index is 0.00841. The van der Waals surface area contributed by atoms with Crippen molar-refractivity contribution < 1.29 is 18.3 Å². The molecule has 128 valence electrons. The largest absolute Gasteiger partial charge is 0.480 e. The Labute approximate surface area is 149 Å². The molecule has 0 aliphatic heterocycles. The first kappa shape index (κ1) is 18.6. The summed E-state index contributed by atoms with van der Waals surface area (Å²) in [6.07, 6.45) is 0. The minimum atomic E-state index is -3.96. The number of sulfonamides is 1. The number of halogens is 1. The summed E-state index contributed by atoms with van der Waals surface area (Å²) in [6.45, 7) is 3.30. The third-order valence-electron chi connectivity index (χ3n) is 3.54. The number of nitrogens with one attached hydrogen (secondary N) is 1. The maximum absolute atomic E-state index is 12.5. The highest BCUT2D eigenvalue weighted by molar-refractivity contribution is 9.10. The van der Waals surface area contributed by atoms with Gasteiger partial charge in [0, 0.05) is 4.47 Å². The van der Waals surface area contributed by atoms with Crippen LogP contribution in [0.2, 0.25) is 0 Å². The number of carboxylic acids is 1. The number of hydrogen-bond donors (Lipinski definition) is 2. The van der Waals surface area contributed by atoms with Crippen molar-refractivity contribution in [2.45, 2.75) is 24.8 Å². The Morgan fingerprint density at radius 3 is 2.21 bits per heavy atom. The van der Waals surface area contributed by atoms with E-state index in [1.165, 1.54) is 6.07 Å². The van der Waals surface area contributed by atoms with Crippen molar-refractivity contribution in [1.82, 2.24) is 4.72 Å². The Morgan fingerprint density at radius 2 is 1.71 bits per heavy atom. The molecule has 24 heavy (non-hydrogen) atoms. The van der Waals surface area contributed by atoms with Crippen LogP contribution in [0.3, 0.4) is 0 Å². The average Bonchev–Trinajstić information content (AvgIpc) is 2.52. The minimum Gasteiger partial charge on any atom is -0.480 e. The van der Waals surface area contributed by atoms with E-state index in [0.717, 1.165) is 11.1 Å². The number of aliphatic carboxylic acids is 1. The topological polar surface area (TPSA) is 83.5 Å². The van der Waals surface area contributed by atoms with Crippen LogP contribution >= 0.6 is 15.9 Å². The lowest BCUT2D eigenvalue weighted by Crippen LogP contribution is -2.44. The molecular weight excluding hydrogens is 394 g/mol. The van der Waals surface area contributed by atoms with Crippen LogP contribution in [0.4, 0.5) is 0 Å². The molecule has 0 unspecified atom stereocenters. The van der Waals surface area contributed by atoms with Crippen LogP contribution in [0.15, 0.2) is 57.9 Å². The van der Waals surface area contributed by atoms with E-state index in [2.05, 4.69) is 20.7 Å². The van der Waals surface area contributed by atoms with Gasteiger partial charge in [0.25, 0.3) is 0 Å². The molecule has 2 rings (SSSR count). The third kappa shape index (κ3) is 4.23. The van der Waals surface area contributed by atoms with Gasteiger partial charge in [0.2, 0.25) is 10.0 Å². The maximum Gasteiger partial charge on any atom is 0.322 e. The molecule has 2 aromatic rings. The van der Waals surface area contributed by atoms with E-state index in [1.807, 2.05) is 30.3 Å². The zero-order valence-electron chi connectivity index (χ0n) is 13.2. The molecule has 0 fully saturated rings. The monoisotopic (exact) mass is 411 g/mol. The smallest absolute Gasteiger partial charge is 0.322 e. The molecule has 0 spiro atoms. The van der Waals surface area contributed by atoms with Crippen LogP contribution in [-0.4, -0.2) is 25.5 Å². The van der Waals surface area contributed by atoms with Crippen LogP contribution in [0, 0.1) is 5.92 Å². The van der Waals surface area contributed by atoms with Gasteiger partial charge in [-0.15, -0.1) is 0 Å². The zero-order valence-corrected chi connectivity index (χ0v) is 15.6. The molecule has 0 bridgehead atoms. The van der Waals surface area contributed by atoms with Gasteiger partial charge in [-0.3, -0.25) is 4.79 Å². The fourth-order valence-electron chi connectivity index (χ4n) is 2.23. The van der Waals surface area contributed by atoms with Gasteiger partial charge < -0.3 is 5.11 Å². The van der Waals surface area contributed by atoms with Crippen molar-refractivity contribution in [3.05, 3.63) is 53.0 Å². The van der Waals surface area contributed by atoms with E-state index in [0.29, 0.717) is 4.47 Å². The van der Waals surface area contributed by atoms with Crippen LogP contribution in [0.1, 0.15) is 13.8 Å². The van der Waals surface area contributed by atoms with Crippen LogP contribution in [0.5, 0.6) is 0 Å². The van der Waals surface area contributed by atoms with Gasteiger partial charge in [-0.05, 0) is 45.1 Å². The number of rotatable bonds is 6. The summed E-state index contributed by atoms with van der Waals surface area (Å²) in [5.74, 6) is -1.58. The standard InChI is InChI=1S/C17H18BrNO4S/c1-11(2)16(17(20)21)19-24(22,23)15-9-8-13(10-14(15)18)12-6-4-3-5-7-12/h3-11,16,19H,1-2H3,(H,20,21)/t16-/m0/s1. The Hall–Kier alpha value is -1.70. The van der Waals surface area contributed by atoms with E-state index in [9.17, 15) is 18.3 Å². The van der Waals surface area contributed by atoms with E-state index in [-0.39, 0.29) is 10.8 Å². The van der Waals surface area contributed by atoms with Gasteiger partial charge in [-0.25, -0.2) is 8.42 Å². The molecule has 2 aromatic carbocycles. The van der Waals surface area contributed by atoms with Crippen molar-refractivity contribution in [2.24, 2.45) is 5.92 Å². The lowest BCUT2D eigenvalue weighted by Gasteiger charge is -2.18. The summed E-state index contributed by atoms with van der Waals surface area (Å²) in [5, 5.41) is 9.18. The molecule has 0 radical (unpaired) electrons. The quantitative estimate of drug-likeness (QED) is 0.761. The summed E-state index contributed by atoms with van der Waals surface area (Å²) >= 11 is 3.28. The Kier molecular flexibility index (Phi) is 5.79. The molecule has 0 aliphatic rings. The second-order valence-electron chi connectivity index (χ2n) is 5.69. The SMILES string of the molecule is CC(C)[C@H](NS(=O)(=O)c1ccc(-c2ccccc2)cc1Br)C(=O)O. The average molecular weight is 412 g/mol. The molecular formula is C17H18BrNO4S. The summed E-state index contributed by atoms with van der Waals surface area (Å²) in [6, 6.07) is 13.2. The molecule has 0 saturated heterocycles. The normalized spacial score (nSPS) is 13.0. The van der Waals surface area contributed by atoms with E-state index in [4.69, 9.17) is 0 Å². The molecule has 0 amide bonds. The van der Waals surface area contributed by atoms with E-state index in [1.54, 1.807) is 26.0 Å². The van der Waals surface area contributed by atoms with E-state index >= 15 is 0 Å². The molecule has 7 heteroatoms. The summed E-state index contributed by atoms with van der Waals surface area (Å²) < 4.78 is 27.7. The van der Waals surface area contributed by atoms with Crippen molar-refractivity contribution in [1.29, 1.82) is 0 Å². The number of hydrogen-bond acceptors (Lipinski definition) is 3. The van der Waals surface area contributed by atoms with Crippen LogP contribution < -0.4 is 4.72 Å². The number of carboxylic acid groups (broad SMARTS) is 1. The van der Waals surface area contributed by atoms with Crippen LogP contribution in [0.25, 0.3) is 11.1 Å². The first-order chi connectivity index (χ1) is 11.2. The Balaban J connectivity index is 2.36. The molecule has 1 atom stereocenters. The summed E-state index contributed by atoms with van der Waals surface area (Å²) in [5.41, 5.74) is 1.82. The maximum atomic E-state index is 12.5. The van der Waals surface area contributed by atoms with Crippen molar-refractivity contribution in [3.63, 3.8) is 0 Å². The number of benzene rings is 2. The summed E-state index contributed by atoms with van der Waals surface area (Å²) in [7, 11) is -3.96. The van der Waals surface area contributed by atoms with Crippen LogP contribution in [-0.2, 0) is 14.8 Å². The van der Waals surface area contributed by atoms with Gasteiger partial charge in [-0.1, -0.05) is 50.2 Å². The highest BCUT2D eigenvalue weighted by atomic mass is 79.9. The molecule has 0 aromatic heterocycles. The van der Waals surface area contributed by atoms with Gasteiger partial charge in [0.15, 0.2) is 0 Å². The predicted octanol–water partition coefficient (Wildman–Crippen LogP) is 3.50. The Morgan fingerprint density at radius 1 is 1.08 bits per heavy atom. The zero-order chi connectivity index (χ0) is 17.9. The number of carbonyl (C=O) groups is 1. The van der Waals surface area contributed by atoms with Gasteiger partial charge >= 0.3 is 5.97 Å². The van der Waals surface area contributed by atoms with Gasteiger partial charge in [0.05, 0.1) is 4.90 Å². The van der Waals surface area contributed by atoms with Gasteiger partial charge in [-0.2, -0.15) is 4.72 Å². The lowest BCUT2D eigenvalue weighted by atomic mass is 10.1. The highest BCUT2D eigenvalue weighted by Crippen LogP contribution is 2.28. The second-order valence-corrected chi connectivity index (χ2v) is 8.23. The molecule has 5 nitrogen and oxygen atoms in total. The third-order valence-corrected chi connectivity index (χ3v) is 5.96. The van der Waals surface area contributed by atoms with Gasteiger partial charge in [0.1, 0.15) is 6.04 Å². The van der Waals surface area contributed by atoms with E-state index < -0.39 is 22.0 Å². The molecule has 0 saturated carbocycles. The second kappa shape index (κ2) is 7.46. The molecule has 2 N–H and O–H groups in total. The Bertz CT molecular complexity index is 835. The first-order valence-corrected chi connectivity index (χ1v) is 9.60. The highest BCUT2D eigenvalue weighted by Gasteiger charge is 2.29. The first-order valence-electron chi connectivity index (χ1n) is 7.32.